The molecule has 1 unspecified atom stereocenters. The van der Waals surface area contributed by atoms with Crippen molar-refractivity contribution in [3.63, 3.8) is 0 Å². The standard InChI is InChI=1S/C14H29NO3/c1-3-4-12-5-7-14(11-15,8-6-12)18-10-13(16)9-17-2/h12-13,16H,3-11,15H2,1-2H3. The zero-order valence-electron chi connectivity index (χ0n) is 11.9. The Bertz CT molecular complexity index is 215. The van der Waals surface area contributed by atoms with E-state index >= 15 is 0 Å². The Morgan fingerprint density at radius 3 is 2.50 bits per heavy atom. The molecule has 1 atom stereocenters. The normalized spacial score (nSPS) is 30.3. The van der Waals surface area contributed by atoms with Gasteiger partial charge in [-0.3, -0.25) is 0 Å². The highest BCUT2D eigenvalue weighted by Crippen LogP contribution is 2.36. The third-order valence-corrected chi connectivity index (χ3v) is 4.03. The van der Waals surface area contributed by atoms with Gasteiger partial charge in [0.1, 0.15) is 6.10 Å². The number of nitrogens with two attached hydrogens (primary N) is 1. The number of ether oxygens (including phenoxy) is 2. The highest BCUT2D eigenvalue weighted by Gasteiger charge is 2.35. The van der Waals surface area contributed by atoms with E-state index in [9.17, 15) is 5.11 Å². The molecular weight excluding hydrogens is 230 g/mol. The summed E-state index contributed by atoms with van der Waals surface area (Å²) < 4.78 is 10.8. The van der Waals surface area contributed by atoms with Crippen LogP contribution in [0.3, 0.4) is 0 Å². The minimum absolute atomic E-state index is 0.209. The molecule has 4 heteroatoms. The van der Waals surface area contributed by atoms with Crippen LogP contribution in [-0.4, -0.2) is 43.7 Å². The SMILES string of the molecule is CCCC1CCC(CN)(OCC(O)COC)CC1. The summed E-state index contributed by atoms with van der Waals surface area (Å²) in [6, 6.07) is 0. The van der Waals surface area contributed by atoms with Gasteiger partial charge in [0, 0.05) is 13.7 Å². The average Bonchev–Trinajstić information content (AvgIpc) is 2.39. The number of aliphatic hydroxyl groups excluding tert-OH is 1. The second kappa shape index (κ2) is 8.10. The summed E-state index contributed by atoms with van der Waals surface area (Å²) in [5.74, 6) is 0.835. The summed E-state index contributed by atoms with van der Waals surface area (Å²) >= 11 is 0. The van der Waals surface area contributed by atoms with E-state index in [2.05, 4.69) is 6.92 Å². The number of hydrogen-bond donors (Lipinski definition) is 2. The maximum absolute atomic E-state index is 9.64. The van der Waals surface area contributed by atoms with Gasteiger partial charge in [0.2, 0.25) is 0 Å². The fourth-order valence-electron chi connectivity index (χ4n) is 2.82. The topological polar surface area (TPSA) is 64.7 Å². The van der Waals surface area contributed by atoms with E-state index in [1.807, 2.05) is 0 Å². The van der Waals surface area contributed by atoms with Crippen LogP contribution in [0.1, 0.15) is 45.4 Å². The molecule has 1 aliphatic rings. The van der Waals surface area contributed by atoms with Gasteiger partial charge >= 0.3 is 0 Å². The van der Waals surface area contributed by atoms with Crippen LogP contribution in [0.2, 0.25) is 0 Å². The number of aliphatic hydroxyl groups is 1. The Balaban J connectivity index is 2.35. The van der Waals surface area contributed by atoms with Gasteiger partial charge in [-0.25, -0.2) is 0 Å². The minimum atomic E-state index is -0.549. The van der Waals surface area contributed by atoms with E-state index in [0.29, 0.717) is 19.8 Å². The molecular formula is C14H29NO3. The van der Waals surface area contributed by atoms with Crippen LogP contribution >= 0.6 is 0 Å². The zero-order valence-corrected chi connectivity index (χ0v) is 11.9. The Kier molecular flexibility index (Phi) is 7.15. The van der Waals surface area contributed by atoms with Crippen LogP contribution in [-0.2, 0) is 9.47 Å². The van der Waals surface area contributed by atoms with E-state index in [0.717, 1.165) is 18.8 Å². The predicted molar refractivity (Wildman–Crippen MR) is 72.5 cm³/mol. The molecule has 1 rings (SSSR count). The molecule has 0 spiro atoms. The first-order valence-corrected chi connectivity index (χ1v) is 7.17. The van der Waals surface area contributed by atoms with E-state index in [4.69, 9.17) is 15.2 Å². The number of rotatable bonds is 8. The molecule has 18 heavy (non-hydrogen) atoms. The summed E-state index contributed by atoms with van der Waals surface area (Å²) in [6.45, 7) is 3.43. The van der Waals surface area contributed by atoms with Crippen LogP contribution in [0.4, 0.5) is 0 Å². The van der Waals surface area contributed by atoms with Crippen LogP contribution in [0.25, 0.3) is 0 Å². The van der Waals surface area contributed by atoms with Gasteiger partial charge in [0.25, 0.3) is 0 Å². The first-order chi connectivity index (χ1) is 8.65. The maximum Gasteiger partial charge on any atom is 0.101 e. The third-order valence-electron chi connectivity index (χ3n) is 4.03. The van der Waals surface area contributed by atoms with Gasteiger partial charge in [-0.1, -0.05) is 19.8 Å². The Labute approximate surface area is 111 Å². The molecule has 0 aliphatic heterocycles. The maximum atomic E-state index is 9.64. The smallest absolute Gasteiger partial charge is 0.101 e. The summed E-state index contributed by atoms with van der Waals surface area (Å²) in [7, 11) is 1.58. The molecule has 3 N–H and O–H groups in total. The monoisotopic (exact) mass is 259 g/mol. The third kappa shape index (κ3) is 4.84. The van der Waals surface area contributed by atoms with Gasteiger partial charge in [-0.15, -0.1) is 0 Å². The van der Waals surface area contributed by atoms with E-state index in [-0.39, 0.29) is 5.60 Å². The lowest BCUT2D eigenvalue weighted by Crippen LogP contribution is -2.45. The van der Waals surface area contributed by atoms with Crippen molar-refractivity contribution in [2.24, 2.45) is 11.7 Å². The molecule has 0 aromatic carbocycles. The van der Waals surface area contributed by atoms with Crippen molar-refractivity contribution in [3.8, 4) is 0 Å². The van der Waals surface area contributed by atoms with Crippen molar-refractivity contribution in [3.05, 3.63) is 0 Å². The van der Waals surface area contributed by atoms with Crippen molar-refractivity contribution < 1.29 is 14.6 Å². The number of hydrogen-bond acceptors (Lipinski definition) is 4. The summed E-state index contributed by atoms with van der Waals surface area (Å²) in [5.41, 5.74) is 5.67. The van der Waals surface area contributed by atoms with Crippen molar-refractivity contribution in [1.29, 1.82) is 0 Å². The van der Waals surface area contributed by atoms with Crippen LogP contribution < -0.4 is 5.73 Å². The Morgan fingerprint density at radius 1 is 1.33 bits per heavy atom. The molecule has 1 fully saturated rings. The first kappa shape index (κ1) is 15.9. The fraction of sp³-hybridized carbons (Fsp3) is 1.00. The van der Waals surface area contributed by atoms with E-state index in [1.54, 1.807) is 7.11 Å². The Morgan fingerprint density at radius 2 is 2.00 bits per heavy atom. The van der Waals surface area contributed by atoms with Gasteiger partial charge in [-0.05, 0) is 31.6 Å². The molecule has 0 aromatic heterocycles. The molecule has 0 saturated heterocycles. The van der Waals surface area contributed by atoms with Crippen LogP contribution in [0.5, 0.6) is 0 Å². The van der Waals surface area contributed by atoms with Crippen molar-refractivity contribution in [2.45, 2.75) is 57.2 Å². The molecule has 0 heterocycles. The summed E-state index contributed by atoms with van der Waals surface area (Å²) in [5, 5.41) is 9.64. The lowest BCUT2D eigenvalue weighted by molar-refractivity contribution is -0.109. The molecule has 1 aliphatic carbocycles. The summed E-state index contributed by atoms with van der Waals surface area (Å²) in [6.07, 6.45) is 6.46. The van der Waals surface area contributed by atoms with Gasteiger partial charge < -0.3 is 20.3 Å². The van der Waals surface area contributed by atoms with Crippen LogP contribution in [0, 0.1) is 5.92 Å². The van der Waals surface area contributed by atoms with Gasteiger partial charge in [0.05, 0.1) is 18.8 Å². The van der Waals surface area contributed by atoms with Gasteiger partial charge in [-0.2, -0.15) is 0 Å². The quantitative estimate of drug-likeness (QED) is 0.696. The molecule has 0 radical (unpaired) electrons. The minimum Gasteiger partial charge on any atom is -0.388 e. The molecule has 108 valence electrons. The Hall–Kier alpha value is -0.160. The molecule has 0 amide bonds. The average molecular weight is 259 g/mol. The molecule has 0 bridgehead atoms. The first-order valence-electron chi connectivity index (χ1n) is 7.17. The summed E-state index contributed by atoms with van der Waals surface area (Å²) in [4.78, 5) is 0. The lowest BCUT2D eigenvalue weighted by atomic mass is 9.77. The van der Waals surface area contributed by atoms with Crippen molar-refractivity contribution in [2.75, 3.05) is 26.9 Å². The number of methoxy groups -OCH3 is 1. The molecule has 1 saturated carbocycles. The predicted octanol–water partition coefficient (Wildman–Crippen LogP) is 1.70. The second-order valence-corrected chi connectivity index (χ2v) is 5.54. The van der Waals surface area contributed by atoms with Crippen molar-refractivity contribution >= 4 is 0 Å². The second-order valence-electron chi connectivity index (χ2n) is 5.54. The van der Waals surface area contributed by atoms with E-state index < -0.39 is 6.10 Å². The zero-order chi connectivity index (χ0) is 13.4. The highest BCUT2D eigenvalue weighted by molar-refractivity contribution is 4.88. The largest absolute Gasteiger partial charge is 0.388 e. The molecule has 4 nitrogen and oxygen atoms in total. The van der Waals surface area contributed by atoms with Gasteiger partial charge in [0.15, 0.2) is 0 Å². The highest BCUT2D eigenvalue weighted by atomic mass is 16.5. The fourth-order valence-corrected chi connectivity index (χ4v) is 2.82. The lowest BCUT2D eigenvalue weighted by Gasteiger charge is -2.39. The van der Waals surface area contributed by atoms with Crippen LogP contribution in [0.15, 0.2) is 0 Å². The molecule has 0 aromatic rings. The van der Waals surface area contributed by atoms with Crippen molar-refractivity contribution in [1.82, 2.24) is 0 Å². The van der Waals surface area contributed by atoms with E-state index in [1.165, 1.54) is 25.7 Å².